The molecule has 240 valence electrons. The minimum Gasteiger partial charge on any atom is -0.436 e. The van der Waals surface area contributed by atoms with Gasteiger partial charge in [0.05, 0.1) is 41.3 Å². The van der Waals surface area contributed by atoms with Gasteiger partial charge in [-0.05, 0) is 42.8 Å². The lowest BCUT2D eigenvalue weighted by atomic mass is 10.1. The van der Waals surface area contributed by atoms with Crippen LogP contribution in [0.5, 0.6) is 17.4 Å². The van der Waals surface area contributed by atoms with Crippen LogP contribution in [0.25, 0.3) is 16.6 Å². The van der Waals surface area contributed by atoms with E-state index in [1.165, 1.54) is 45.6 Å². The molecule has 16 heteroatoms. The zero-order valence-electron chi connectivity index (χ0n) is 24.6. The minimum atomic E-state index is -3.39. The maximum atomic E-state index is 14.0. The van der Waals surface area contributed by atoms with Crippen molar-refractivity contribution >= 4 is 38.2 Å². The number of halogens is 3. The van der Waals surface area contributed by atoms with Gasteiger partial charge in [0, 0.05) is 43.1 Å². The van der Waals surface area contributed by atoms with E-state index in [-0.39, 0.29) is 60.6 Å². The normalized spacial score (nSPS) is 14.3. The Morgan fingerprint density at radius 2 is 1.76 bits per heavy atom. The van der Waals surface area contributed by atoms with Crippen LogP contribution in [0.1, 0.15) is 21.6 Å². The van der Waals surface area contributed by atoms with Gasteiger partial charge in [-0.25, -0.2) is 22.5 Å². The van der Waals surface area contributed by atoms with E-state index >= 15 is 0 Å². The predicted octanol–water partition coefficient (Wildman–Crippen LogP) is 4.48. The summed E-state index contributed by atoms with van der Waals surface area (Å²) < 4.78 is 77.6. The maximum absolute atomic E-state index is 14.0. The highest BCUT2D eigenvalue weighted by atomic mass is 32.2. The standard InChI is InChI=1S/C30H28F3N7O5S/c1-17-11-27(44-25-6-4-3-5-20(25)31)35-16-24(17)40-29(34)19(15-36-40)28(41)22-12-18-13-26(45-30(32)33)23(14-21(18)37-22)38-7-9-39(10-8-38)46(2,42)43/h3-6,11-16,30,37H,7-10,34H2,1-2H3. The molecular formula is C30H28F3N7O5S. The van der Waals surface area contributed by atoms with E-state index in [4.69, 9.17) is 15.2 Å². The highest BCUT2D eigenvalue weighted by Crippen LogP contribution is 2.36. The number of aromatic nitrogens is 4. The van der Waals surface area contributed by atoms with Crippen LogP contribution in [-0.4, -0.2) is 77.3 Å². The molecule has 1 saturated heterocycles. The molecule has 5 aromatic rings. The second-order valence-electron chi connectivity index (χ2n) is 10.6. The number of fused-ring (bicyclic) bond motifs is 1. The number of alkyl halides is 2. The van der Waals surface area contributed by atoms with Gasteiger partial charge >= 0.3 is 6.61 Å². The fraction of sp³-hybridized carbons (Fsp3) is 0.233. The number of piperazine rings is 1. The third-order valence-corrected chi connectivity index (χ3v) is 8.90. The number of rotatable bonds is 9. The number of hydrogen-bond acceptors (Lipinski definition) is 9. The van der Waals surface area contributed by atoms with Crippen LogP contribution in [0.3, 0.4) is 0 Å². The van der Waals surface area contributed by atoms with E-state index in [2.05, 4.69) is 15.1 Å². The molecule has 0 saturated carbocycles. The van der Waals surface area contributed by atoms with Gasteiger partial charge in [0.1, 0.15) is 11.6 Å². The van der Waals surface area contributed by atoms with E-state index in [1.54, 1.807) is 36.1 Å². The van der Waals surface area contributed by atoms with Gasteiger partial charge < -0.3 is 25.1 Å². The Bertz CT molecular complexity index is 2060. The number of carbonyl (C=O) groups is 1. The SMILES string of the molecule is Cc1cc(Oc2ccccc2F)ncc1-n1ncc(C(=O)c2cc3cc(OC(F)F)c(N4CCN(S(C)(=O)=O)CC4)cc3[nH]2)c1N. The van der Waals surface area contributed by atoms with Gasteiger partial charge in [-0.15, -0.1) is 0 Å². The number of nitrogens with zero attached hydrogens (tertiary/aromatic N) is 5. The molecule has 0 unspecified atom stereocenters. The molecule has 0 bridgehead atoms. The topological polar surface area (TPSA) is 149 Å². The average Bonchev–Trinajstić information content (AvgIpc) is 3.60. The smallest absolute Gasteiger partial charge is 0.387 e. The summed E-state index contributed by atoms with van der Waals surface area (Å²) in [5.74, 6) is -0.943. The number of para-hydroxylation sites is 1. The third-order valence-electron chi connectivity index (χ3n) is 7.60. The molecule has 12 nitrogen and oxygen atoms in total. The maximum Gasteiger partial charge on any atom is 0.387 e. The number of H-pyrrole nitrogens is 1. The van der Waals surface area contributed by atoms with Crippen molar-refractivity contribution in [3.63, 3.8) is 0 Å². The van der Waals surface area contributed by atoms with Crippen LogP contribution in [0, 0.1) is 12.7 Å². The Kier molecular flexibility index (Phi) is 8.08. The molecule has 0 radical (unpaired) electrons. The fourth-order valence-electron chi connectivity index (χ4n) is 5.28. The molecule has 2 aromatic carbocycles. The average molecular weight is 656 g/mol. The fourth-order valence-corrected chi connectivity index (χ4v) is 6.11. The summed E-state index contributed by atoms with van der Waals surface area (Å²) in [5, 5.41) is 4.72. The Labute approximate surface area is 261 Å². The minimum absolute atomic E-state index is 0.0153. The number of nitrogens with one attached hydrogen (secondary N) is 1. The lowest BCUT2D eigenvalue weighted by molar-refractivity contribution is -0.0494. The van der Waals surface area contributed by atoms with Gasteiger partial charge in [-0.3, -0.25) is 4.79 Å². The number of carbonyl (C=O) groups excluding carboxylic acids is 1. The zero-order valence-corrected chi connectivity index (χ0v) is 25.4. The molecule has 0 atom stereocenters. The molecule has 1 aliphatic rings. The molecule has 1 fully saturated rings. The van der Waals surface area contributed by atoms with Crippen molar-refractivity contribution in [2.75, 3.05) is 43.1 Å². The number of nitrogen functional groups attached to an aromatic ring is 1. The van der Waals surface area contributed by atoms with Crippen LogP contribution in [0.15, 0.2) is 60.9 Å². The van der Waals surface area contributed by atoms with Crippen LogP contribution >= 0.6 is 0 Å². The molecule has 46 heavy (non-hydrogen) atoms. The highest BCUT2D eigenvalue weighted by Gasteiger charge is 2.27. The van der Waals surface area contributed by atoms with Crippen molar-refractivity contribution in [1.29, 1.82) is 0 Å². The first-order valence-corrected chi connectivity index (χ1v) is 15.8. The second-order valence-corrected chi connectivity index (χ2v) is 12.6. The second kappa shape index (κ2) is 12.0. The number of anilines is 2. The predicted molar refractivity (Wildman–Crippen MR) is 164 cm³/mol. The number of nitrogens with two attached hydrogens (primary N) is 1. The first kappa shape index (κ1) is 30.9. The molecule has 1 aliphatic heterocycles. The van der Waals surface area contributed by atoms with Crippen LogP contribution < -0.4 is 20.1 Å². The molecule has 3 aromatic heterocycles. The van der Waals surface area contributed by atoms with Gasteiger partial charge in [-0.2, -0.15) is 18.2 Å². The largest absolute Gasteiger partial charge is 0.436 e. The summed E-state index contributed by atoms with van der Waals surface area (Å²) in [4.78, 5) is 22.6. The van der Waals surface area contributed by atoms with Gasteiger partial charge in [0.15, 0.2) is 11.6 Å². The van der Waals surface area contributed by atoms with Gasteiger partial charge in [0.2, 0.25) is 21.7 Å². The number of aromatic amines is 1. The molecule has 4 heterocycles. The summed E-state index contributed by atoms with van der Waals surface area (Å²) in [6, 6.07) is 12.0. The van der Waals surface area contributed by atoms with Crippen molar-refractivity contribution in [3.8, 4) is 23.1 Å². The number of benzene rings is 2. The lowest BCUT2D eigenvalue weighted by Crippen LogP contribution is -2.48. The first-order valence-electron chi connectivity index (χ1n) is 14.0. The summed E-state index contributed by atoms with van der Waals surface area (Å²) >= 11 is 0. The van der Waals surface area contributed by atoms with Crippen LogP contribution in [0.2, 0.25) is 0 Å². The Hall–Kier alpha value is -5.09. The molecule has 3 N–H and O–H groups in total. The van der Waals surface area contributed by atoms with Crippen molar-refractivity contribution in [2.24, 2.45) is 0 Å². The van der Waals surface area contributed by atoms with Crippen molar-refractivity contribution in [2.45, 2.75) is 13.5 Å². The lowest BCUT2D eigenvalue weighted by Gasteiger charge is -2.35. The van der Waals surface area contributed by atoms with Crippen molar-refractivity contribution in [3.05, 3.63) is 83.6 Å². The summed E-state index contributed by atoms with van der Waals surface area (Å²) in [5.41, 5.74) is 8.48. The highest BCUT2D eigenvalue weighted by molar-refractivity contribution is 7.88. The summed E-state index contributed by atoms with van der Waals surface area (Å²) in [6.45, 7) is -0.478. The Morgan fingerprint density at radius 3 is 2.43 bits per heavy atom. The number of ketones is 1. The zero-order chi connectivity index (χ0) is 32.7. The van der Waals surface area contributed by atoms with Crippen molar-refractivity contribution < 1.29 is 35.9 Å². The van der Waals surface area contributed by atoms with Crippen molar-refractivity contribution in [1.82, 2.24) is 24.1 Å². The molecule has 6 rings (SSSR count). The third kappa shape index (κ3) is 6.08. The van der Waals surface area contributed by atoms with E-state index in [1.807, 2.05) is 0 Å². The quantitative estimate of drug-likeness (QED) is 0.219. The summed E-state index contributed by atoms with van der Waals surface area (Å²) in [7, 11) is -3.39. The van der Waals surface area contributed by atoms with Gasteiger partial charge in [-0.1, -0.05) is 12.1 Å². The molecule has 0 spiro atoms. The van der Waals surface area contributed by atoms with Crippen LogP contribution in [-0.2, 0) is 10.0 Å². The summed E-state index contributed by atoms with van der Waals surface area (Å²) in [6.07, 6.45) is 3.87. The number of ether oxygens (including phenoxy) is 2. The molecule has 0 amide bonds. The van der Waals surface area contributed by atoms with E-state index in [0.717, 1.165) is 6.26 Å². The Balaban J connectivity index is 1.27. The van der Waals surface area contributed by atoms with E-state index in [0.29, 0.717) is 27.8 Å². The number of sulfonamides is 1. The number of aryl methyl sites for hydroxylation is 1. The molecule has 0 aliphatic carbocycles. The van der Waals surface area contributed by atoms with E-state index < -0.39 is 28.2 Å². The van der Waals surface area contributed by atoms with Crippen LogP contribution in [0.4, 0.5) is 24.7 Å². The monoisotopic (exact) mass is 655 g/mol. The number of pyridine rings is 1. The number of hydrogen-bond donors (Lipinski definition) is 2. The Morgan fingerprint density at radius 1 is 1.02 bits per heavy atom. The van der Waals surface area contributed by atoms with Gasteiger partial charge in [0.25, 0.3) is 0 Å². The first-order chi connectivity index (χ1) is 21.9. The van der Waals surface area contributed by atoms with E-state index in [9.17, 15) is 26.4 Å². The molecular weight excluding hydrogens is 627 g/mol.